The third kappa shape index (κ3) is 3.63. The average Bonchev–Trinajstić information content (AvgIpc) is 3.08. The second-order valence-corrected chi connectivity index (χ2v) is 6.03. The van der Waals surface area contributed by atoms with Crippen LogP contribution in [-0.2, 0) is 4.74 Å². The van der Waals surface area contributed by atoms with Crippen molar-refractivity contribution in [2.24, 2.45) is 5.92 Å². The van der Waals surface area contributed by atoms with Gasteiger partial charge in [0.05, 0.1) is 5.56 Å². The Balaban J connectivity index is 1.70. The number of benzene rings is 1. The molecule has 0 saturated carbocycles. The lowest BCUT2D eigenvalue weighted by atomic mass is 9.87. The summed E-state index contributed by atoms with van der Waals surface area (Å²) in [5, 5.41) is 6.90. The zero-order valence-corrected chi connectivity index (χ0v) is 12.4. The fourth-order valence-corrected chi connectivity index (χ4v) is 3.44. The largest absolute Gasteiger partial charge is 0.457 e. The van der Waals surface area contributed by atoms with Gasteiger partial charge in [-0.05, 0) is 63.4 Å². The van der Waals surface area contributed by atoms with Gasteiger partial charge in [-0.3, -0.25) is 0 Å². The first kappa shape index (κ1) is 14.5. The molecule has 0 aromatic heterocycles. The van der Waals surface area contributed by atoms with Gasteiger partial charge in [-0.15, -0.1) is 0 Å². The molecule has 1 aromatic rings. The van der Waals surface area contributed by atoms with Crippen molar-refractivity contribution in [2.45, 2.75) is 37.8 Å². The number of carbonyl (C=O) groups excluding carboxylic acids is 1. The third-order valence-corrected chi connectivity index (χ3v) is 4.60. The normalized spacial score (nSPS) is 24.7. The van der Waals surface area contributed by atoms with Crippen molar-refractivity contribution in [3.8, 4) is 0 Å². The van der Waals surface area contributed by atoms with E-state index in [0.29, 0.717) is 17.5 Å². The van der Waals surface area contributed by atoms with E-state index in [0.717, 1.165) is 38.9 Å². The minimum absolute atomic E-state index is 0.00214. The Morgan fingerprint density at radius 1 is 1.10 bits per heavy atom. The molecule has 2 fully saturated rings. The van der Waals surface area contributed by atoms with Crippen molar-refractivity contribution < 1.29 is 9.53 Å². The van der Waals surface area contributed by atoms with Crippen molar-refractivity contribution >= 4 is 5.97 Å². The molecule has 0 radical (unpaired) electrons. The summed E-state index contributed by atoms with van der Waals surface area (Å²) < 4.78 is 5.93. The first-order chi connectivity index (χ1) is 10.3. The first-order valence-electron chi connectivity index (χ1n) is 8.05. The van der Waals surface area contributed by atoms with E-state index in [1.807, 2.05) is 30.3 Å². The lowest BCUT2D eigenvalue weighted by Gasteiger charge is -2.34. The standard InChI is InChI=1S/C17H24N2O2/c20-17(14-5-2-1-3-6-14)21-16(15-7-4-10-19-15)13-8-11-18-12-9-13/h1-3,5-6,13,15-16,18-19H,4,7-12H2/t15-,16?/m0/s1. The fourth-order valence-electron chi connectivity index (χ4n) is 3.44. The smallest absolute Gasteiger partial charge is 0.338 e. The van der Waals surface area contributed by atoms with E-state index in [2.05, 4.69) is 10.6 Å². The van der Waals surface area contributed by atoms with E-state index in [4.69, 9.17) is 4.74 Å². The molecule has 0 amide bonds. The van der Waals surface area contributed by atoms with Crippen LogP contribution in [0.2, 0.25) is 0 Å². The van der Waals surface area contributed by atoms with E-state index < -0.39 is 0 Å². The van der Waals surface area contributed by atoms with Crippen molar-refractivity contribution in [1.82, 2.24) is 10.6 Å². The van der Waals surface area contributed by atoms with Crippen LogP contribution in [0.5, 0.6) is 0 Å². The number of hydrogen-bond acceptors (Lipinski definition) is 4. The maximum absolute atomic E-state index is 12.4. The molecular formula is C17H24N2O2. The van der Waals surface area contributed by atoms with E-state index >= 15 is 0 Å². The van der Waals surface area contributed by atoms with Crippen LogP contribution in [0.15, 0.2) is 30.3 Å². The van der Waals surface area contributed by atoms with E-state index in [-0.39, 0.29) is 12.1 Å². The Labute approximate surface area is 126 Å². The molecule has 4 nitrogen and oxygen atoms in total. The van der Waals surface area contributed by atoms with Crippen LogP contribution in [0.25, 0.3) is 0 Å². The molecule has 1 unspecified atom stereocenters. The molecular weight excluding hydrogens is 264 g/mol. The third-order valence-electron chi connectivity index (χ3n) is 4.60. The topological polar surface area (TPSA) is 50.4 Å². The molecule has 0 bridgehead atoms. The highest BCUT2D eigenvalue weighted by molar-refractivity contribution is 5.89. The Bertz CT molecular complexity index is 451. The van der Waals surface area contributed by atoms with Crippen LogP contribution < -0.4 is 10.6 Å². The number of ether oxygens (including phenoxy) is 1. The van der Waals surface area contributed by atoms with Gasteiger partial charge in [-0.1, -0.05) is 18.2 Å². The van der Waals surface area contributed by atoms with Gasteiger partial charge in [0.25, 0.3) is 0 Å². The lowest BCUT2D eigenvalue weighted by molar-refractivity contribution is -0.00296. The lowest BCUT2D eigenvalue weighted by Crippen LogP contribution is -2.46. The SMILES string of the molecule is O=C(OC(C1CCNCC1)[C@@H]1CCCN1)c1ccccc1. The Hall–Kier alpha value is -1.39. The van der Waals surface area contributed by atoms with E-state index in [1.165, 1.54) is 6.42 Å². The zero-order chi connectivity index (χ0) is 14.5. The summed E-state index contributed by atoms with van der Waals surface area (Å²) in [7, 11) is 0. The minimum atomic E-state index is -0.187. The molecule has 21 heavy (non-hydrogen) atoms. The second-order valence-electron chi connectivity index (χ2n) is 6.03. The summed E-state index contributed by atoms with van der Waals surface area (Å²) in [6.45, 7) is 3.09. The van der Waals surface area contributed by atoms with Crippen molar-refractivity contribution in [2.75, 3.05) is 19.6 Å². The average molecular weight is 288 g/mol. The highest BCUT2D eigenvalue weighted by Gasteiger charge is 2.35. The van der Waals surface area contributed by atoms with Crippen LogP contribution in [0, 0.1) is 5.92 Å². The van der Waals surface area contributed by atoms with Gasteiger partial charge in [0.15, 0.2) is 0 Å². The highest BCUT2D eigenvalue weighted by atomic mass is 16.5. The fraction of sp³-hybridized carbons (Fsp3) is 0.588. The number of nitrogens with one attached hydrogen (secondary N) is 2. The summed E-state index contributed by atoms with van der Waals surface area (Å²) >= 11 is 0. The minimum Gasteiger partial charge on any atom is -0.457 e. The van der Waals surface area contributed by atoms with Gasteiger partial charge in [0.1, 0.15) is 6.10 Å². The summed E-state index contributed by atoms with van der Waals surface area (Å²) in [4.78, 5) is 12.4. The molecule has 2 atom stereocenters. The van der Waals surface area contributed by atoms with Gasteiger partial charge in [-0.25, -0.2) is 4.79 Å². The second kappa shape index (κ2) is 7.05. The van der Waals surface area contributed by atoms with Crippen LogP contribution >= 0.6 is 0 Å². The monoisotopic (exact) mass is 288 g/mol. The molecule has 4 heteroatoms. The van der Waals surface area contributed by atoms with Crippen molar-refractivity contribution in [3.63, 3.8) is 0 Å². The molecule has 2 N–H and O–H groups in total. The molecule has 2 aliphatic heterocycles. The van der Waals surface area contributed by atoms with Gasteiger partial charge >= 0.3 is 5.97 Å². The Morgan fingerprint density at radius 3 is 2.52 bits per heavy atom. The predicted molar refractivity (Wildman–Crippen MR) is 82.3 cm³/mol. The van der Waals surface area contributed by atoms with Crippen LogP contribution in [0.3, 0.4) is 0 Å². The van der Waals surface area contributed by atoms with Crippen LogP contribution in [-0.4, -0.2) is 37.7 Å². The number of carbonyl (C=O) groups is 1. The summed E-state index contributed by atoms with van der Waals surface area (Å²) in [6.07, 6.45) is 4.46. The maximum Gasteiger partial charge on any atom is 0.338 e. The molecule has 2 heterocycles. The van der Waals surface area contributed by atoms with Crippen molar-refractivity contribution in [1.29, 1.82) is 0 Å². The quantitative estimate of drug-likeness (QED) is 0.832. The molecule has 114 valence electrons. The molecule has 2 saturated heterocycles. The van der Waals surface area contributed by atoms with Crippen molar-refractivity contribution in [3.05, 3.63) is 35.9 Å². The Kier molecular flexibility index (Phi) is 4.88. The molecule has 1 aromatic carbocycles. The zero-order valence-electron chi connectivity index (χ0n) is 12.4. The van der Waals surface area contributed by atoms with Gasteiger partial charge in [0.2, 0.25) is 0 Å². The van der Waals surface area contributed by atoms with E-state index in [9.17, 15) is 4.79 Å². The molecule has 2 aliphatic rings. The van der Waals surface area contributed by atoms with Gasteiger partial charge < -0.3 is 15.4 Å². The summed E-state index contributed by atoms with van der Waals surface area (Å²) in [6, 6.07) is 9.64. The molecule has 3 rings (SSSR count). The first-order valence-corrected chi connectivity index (χ1v) is 8.05. The number of hydrogen-bond donors (Lipinski definition) is 2. The highest BCUT2D eigenvalue weighted by Crippen LogP contribution is 2.26. The number of rotatable bonds is 4. The number of piperidine rings is 1. The van der Waals surface area contributed by atoms with Crippen LogP contribution in [0.1, 0.15) is 36.0 Å². The summed E-state index contributed by atoms with van der Waals surface area (Å²) in [5.74, 6) is 0.280. The maximum atomic E-state index is 12.4. The molecule has 0 spiro atoms. The molecule has 0 aliphatic carbocycles. The van der Waals surface area contributed by atoms with Gasteiger partial charge in [0, 0.05) is 6.04 Å². The predicted octanol–water partition coefficient (Wildman–Crippen LogP) is 1.96. The Morgan fingerprint density at radius 2 is 1.86 bits per heavy atom. The van der Waals surface area contributed by atoms with Crippen LogP contribution in [0.4, 0.5) is 0 Å². The summed E-state index contributed by atoms with van der Waals surface area (Å²) in [5.41, 5.74) is 0.648. The number of esters is 1. The van der Waals surface area contributed by atoms with E-state index in [1.54, 1.807) is 0 Å². The van der Waals surface area contributed by atoms with Gasteiger partial charge in [-0.2, -0.15) is 0 Å².